The molecule has 0 bridgehead atoms. The Balaban J connectivity index is 1.72. The van der Waals surface area contributed by atoms with E-state index in [4.69, 9.17) is 9.47 Å². The summed E-state index contributed by atoms with van der Waals surface area (Å²) in [7, 11) is 1.55. The number of hydrogen-bond donors (Lipinski definition) is 2. The van der Waals surface area contributed by atoms with Gasteiger partial charge in [-0.15, -0.1) is 0 Å². The molecule has 4 rings (SSSR count). The lowest BCUT2D eigenvalue weighted by Crippen LogP contribution is -2.30. The first-order chi connectivity index (χ1) is 18.6. The zero-order valence-corrected chi connectivity index (χ0v) is 23.1. The molecule has 7 nitrogen and oxygen atoms in total. The second-order valence-corrected chi connectivity index (χ2v) is 10.4. The first-order valence-electron chi connectivity index (χ1n) is 13.4. The molecular weight excluding hydrogens is 499 g/mol. The minimum atomic E-state index is -1.17. The third-order valence-corrected chi connectivity index (χ3v) is 7.58. The normalized spacial score (nSPS) is 16.5. The summed E-state index contributed by atoms with van der Waals surface area (Å²) in [5.41, 5.74) is 4.46. The van der Waals surface area contributed by atoms with E-state index in [1.807, 2.05) is 24.3 Å². The van der Waals surface area contributed by atoms with Gasteiger partial charge < -0.3 is 19.7 Å². The summed E-state index contributed by atoms with van der Waals surface area (Å²) in [6.07, 6.45) is 1.24. The van der Waals surface area contributed by atoms with Crippen molar-refractivity contribution in [1.82, 2.24) is 9.88 Å². The molecule has 1 unspecified atom stereocenters. The molecular formula is C31H37FN2O5. The van der Waals surface area contributed by atoms with Crippen LogP contribution in [0.15, 0.2) is 48.7 Å². The molecule has 3 atom stereocenters. The van der Waals surface area contributed by atoms with Crippen LogP contribution >= 0.6 is 0 Å². The highest BCUT2D eigenvalue weighted by molar-refractivity contribution is 5.71. The number of rotatable bonds is 10. The molecule has 0 spiro atoms. The van der Waals surface area contributed by atoms with Crippen molar-refractivity contribution in [1.29, 1.82) is 0 Å². The third-order valence-electron chi connectivity index (χ3n) is 7.58. The number of ether oxygens (including phenoxy) is 2. The number of nitrogens with zero attached hydrogens (tertiary/aromatic N) is 2. The topological polar surface area (TPSA) is 92.1 Å². The van der Waals surface area contributed by atoms with Crippen molar-refractivity contribution in [3.8, 4) is 22.8 Å². The smallest absolute Gasteiger partial charge is 0.309 e. The molecule has 1 aliphatic rings. The lowest BCUT2D eigenvalue weighted by Gasteiger charge is -2.30. The largest absolute Gasteiger partial charge is 0.485 e. The van der Waals surface area contributed by atoms with E-state index in [-0.39, 0.29) is 5.82 Å². The van der Waals surface area contributed by atoms with E-state index in [1.54, 1.807) is 31.5 Å². The fourth-order valence-electron chi connectivity index (χ4n) is 5.06. The molecule has 0 fully saturated rings. The van der Waals surface area contributed by atoms with E-state index in [0.29, 0.717) is 48.2 Å². The van der Waals surface area contributed by atoms with Crippen LogP contribution in [-0.4, -0.2) is 45.8 Å². The number of benzene rings is 2. The zero-order chi connectivity index (χ0) is 28.3. The molecule has 3 aromatic rings. The molecule has 8 heteroatoms. The SMILES string of the molecule is CCN(Cc1cc(C2CCc3ccc([C@H](O)[C@H](C)C(=O)O)cc3O2)c(F)cc1-c1ccnc(OC)c1)C(C)C. The van der Waals surface area contributed by atoms with E-state index in [9.17, 15) is 15.0 Å². The van der Waals surface area contributed by atoms with Crippen molar-refractivity contribution >= 4 is 5.97 Å². The average Bonchev–Trinajstić information content (AvgIpc) is 2.94. The van der Waals surface area contributed by atoms with E-state index in [0.717, 1.165) is 28.8 Å². The highest BCUT2D eigenvalue weighted by atomic mass is 19.1. The standard InChI is InChI=1S/C31H37FN2O5/c1-6-34(18(2)3)17-23-13-25(26(32)16-24(23)21-11-12-33-29(15-21)38-5)27-10-9-20-7-8-22(14-28(20)39-27)30(35)19(4)31(36)37/h7-8,11-16,18-19,27,30,35H,6,9-10,17H2,1-5H3,(H,36,37)/t19-,27?,30+/m0/s1. The van der Waals surface area contributed by atoms with Gasteiger partial charge in [-0.2, -0.15) is 0 Å². The van der Waals surface area contributed by atoms with E-state index >= 15 is 4.39 Å². The number of fused-ring (bicyclic) bond motifs is 1. The summed E-state index contributed by atoms with van der Waals surface area (Å²) in [6.45, 7) is 9.33. The molecule has 2 aromatic carbocycles. The molecule has 0 saturated carbocycles. The van der Waals surface area contributed by atoms with E-state index in [2.05, 4.69) is 30.7 Å². The van der Waals surface area contributed by atoms with Crippen molar-refractivity contribution in [2.45, 2.75) is 65.3 Å². The maximum absolute atomic E-state index is 15.8. The predicted octanol–water partition coefficient (Wildman–Crippen LogP) is 5.95. The van der Waals surface area contributed by atoms with Gasteiger partial charge in [0.25, 0.3) is 0 Å². The fraction of sp³-hybridized carbons (Fsp3) is 0.419. The van der Waals surface area contributed by atoms with Crippen LogP contribution in [0.4, 0.5) is 4.39 Å². The lowest BCUT2D eigenvalue weighted by molar-refractivity contribution is -0.145. The number of carboxylic acids is 1. The van der Waals surface area contributed by atoms with Gasteiger partial charge in [0.15, 0.2) is 0 Å². The summed E-state index contributed by atoms with van der Waals surface area (Å²) >= 11 is 0. The Morgan fingerprint density at radius 1 is 1.21 bits per heavy atom. The summed E-state index contributed by atoms with van der Waals surface area (Å²) in [4.78, 5) is 17.9. The molecule has 39 heavy (non-hydrogen) atoms. The number of aromatic nitrogens is 1. The van der Waals surface area contributed by atoms with Crippen LogP contribution < -0.4 is 9.47 Å². The molecule has 2 heterocycles. The molecule has 1 aliphatic heterocycles. The van der Waals surface area contributed by atoms with Crippen LogP contribution in [0.5, 0.6) is 11.6 Å². The Hall–Kier alpha value is -3.49. The van der Waals surface area contributed by atoms with Crippen LogP contribution in [0.3, 0.4) is 0 Å². The number of halogens is 1. The first kappa shape index (κ1) is 28.5. The van der Waals surface area contributed by atoms with Gasteiger partial charge in [0.2, 0.25) is 5.88 Å². The molecule has 2 N–H and O–H groups in total. The number of carbonyl (C=O) groups is 1. The second-order valence-electron chi connectivity index (χ2n) is 10.4. The molecule has 0 amide bonds. The maximum Gasteiger partial charge on any atom is 0.309 e. The number of carboxylic acid groups (broad SMARTS) is 1. The van der Waals surface area contributed by atoms with Crippen LogP contribution in [0.25, 0.3) is 11.1 Å². The Kier molecular flexibility index (Phi) is 8.87. The molecule has 0 saturated heterocycles. The molecule has 0 radical (unpaired) electrons. The Bertz CT molecular complexity index is 1330. The Morgan fingerprint density at radius 2 is 1.97 bits per heavy atom. The number of aliphatic carboxylic acids is 1. The van der Waals surface area contributed by atoms with Gasteiger partial charge in [-0.25, -0.2) is 9.37 Å². The number of aliphatic hydroxyl groups excluding tert-OH is 1. The van der Waals surface area contributed by atoms with Gasteiger partial charge in [-0.1, -0.05) is 19.1 Å². The monoisotopic (exact) mass is 536 g/mol. The average molecular weight is 537 g/mol. The number of methoxy groups -OCH3 is 1. The Morgan fingerprint density at radius 3 is 2.64 bits per heavy atom. The predicted molar refractivity (Wildman–Crippen MR) is 147 cm³/mol. The highest BCUT2D eigenvalue weighted by Crippen LogP contribution is 2.40. The van der Waals surface area contributed by atoms with Crippen molar-refractivity contribution < 1.29 is 28.9 Å². The summed E-state index contributed by atoms with van der Waals surface area (Å²) in [5, 5.41) is 19.8. The van der Waals surface area contributed by atoms with Gasteiger partial charge in [-0.05, 0) is 92.2 Å². The number of hydrogen-bond acceptors (Lipinski definition) is 6. The van der Waals surface area contributed by atoms with Gasteiger partial charge in [0.05, 0.1) is 19.1 Å². The minimum Gasteiger partial charge on any atom is -0.485 e. The number of aryl methyl sites for hydroxylation is 1. The summed E-state index contributed by atoms with van der Waals surface area (Å²) in [5.74, 6) is -1.41. The maximum atomic E-state index is 15.8. The molecule has 1 aromatic heterocycles. The molecule has 0 aliphatic carbocycles. The summed E-state index contributed by atoms with van der Waals surface area (Å²) in [6, 6.07) is 12.7. The van der Waals surface area contributed by atoms with Gasteiger partial charge >= 0.3 is 5.97 Å². The minimum absolute atomic E-state index is 0.305. The third kappa shape index (κ3) is 6.23. The van der Waals surface area contributed by atoms with E-state index < -0.39 is 24.1 Å². The number of pyridine rings is 1. The summed E-state index contributed by atoms with van der Waals surface area (Å²) < 4.78 is 27.4. The van der Waals surface area contributed by atoms with Crippen LogP contribution in [0.2, 0.25) is 0 Å². The van der Waals surface area contributed by atoms with Gasteiger partial charge in [-0.3, -0.25) is 9.69 Å². The highest BCUT2D eigenvalue weighted by Gasteiger charge is 2.28. The Labute approximate surface area is 229 Å². The van der Waals surface area contributed by atoms with E-state index in [1.165, 1.54) is 6.92 Å². The van der Waals surface area contributed by atoms with Crippen LogP contribution in [-0.2, 0) is 17.8 Å². The van der Waals surface area contributed by atoms with Crippen LogP contribution in [0.1, 0.15) is 68.6 Å². The fourth-order valence-corrected chi connectivity index (χ4v) is 5.06. The second kappa shape index (κ2) is 12.1. The molecule has 208 valence electrons. The van der Waals surface area contributed by atoms with Crippen molar-refractivity contribution in [3.63, 3.8) is 0 Å². The van der Waals surface area contributed by atoms with Gasteiger partial charge in [0, 0.05) is 30.4 Å². The van der Waals surface area contributed by atoms with Crippen LogP contribution in [0, 0.1) is 11.7 Å². The van der Waals surface area contributed by atoms with Crippen molar-refractivity contribution in [2.24, 2.45) is 5.92 Å². The lowest BCUT2D eigenvalue weighted by atomic mass is 9.90. The van der Waals surface area contributed by atoms with Crippen molar-refractivity contribution in [3.05, 3.63) is 76.7 Å². The number of aliphatic hydroxyl groups is 1. The quantitative estimate of drug-likeness (QED) is 0.331. The van der Waals surface area contributed by atoms with Gasteiger partial charge in [0.1, 0.15) is 17.7 Å². The first-order valence-corrected chi connectivity index (χ1v) is 13.4. The zero-order valence-electron chi connectivity index (χ0n) is 23.1. The van der Waals surface area contributed by atoms with Crippen molar-refractivity contribution in [2.75, 3.05) is 13.7 Å².